The normalized spacial score (nSPS) is 10.4. The van der Waals surface area contributed by atoms with Gasteiger partial charge in [-0.1, -0.05) is 6.92 Å². The van der Waals surface area contributed by atoms with Crippen LogP contribution in [0.25, 0.3) is 5.69 Å². The van der Waals surface area contributed by atoms with Crippen molar-refractivity contribution >= 4 is 22.6 Å². The quantitative estimate of drug-likeness (QED) is 0.795. The van der Waals surface area contributed by atoms with Crippen molar-refractivity contribution in [2.24, 2.45) is 0 Å². The average Bonchev–Trinajstić information content (AvgIpc) is 2.67. The van der Waals surface area contributed by atoms with E-state index in [1.165, 1.54) is 3.57 Å². The molecule has 5 heteroatoms. The van der Waals surface area contributed by atoms with Gasteiger partial charge in [-0.3, -0.25) is 0 Å². The van der Waals surface area contributed by atoms with E-state index in [0.29, 0.717) is 0 Å². The predicted molar refractivity (Wildman–Crippen MR) is 61.2 cm³/mol. The van der Waals surface area contributed by atoms with Gasteiger partial charge in [-0.05, 0) is 57.3 Å². The fraction of sp³-hybridized carbons (Fsp3) is 0.222. The van der Waals surface area contributed by atoms with Crippen LogP contribution in [0.5, 0.6) is 0 Å². The second kappa shape index (κ2) is 4.04. The molecular weight excluding hydrogens is 291 g/mol. The first-order valence-electron chi connectivity index (χ1n) is 4.34. The van der Waals surface area contributed by atoms with E-state index in [4.69, 9.17) is 0 Å². The highest BCUT2D eigenvalue weighted by Gasteiger charge is 2.04. The first kappa shape index (κ1) is 9.57. The molecule has 0 saturated heterocycles. The van der Waals surface area contributed by atoms with Gasteiger partial charge in [0.1, 0.15) is 0 Å². The molecule has 0 atom stereocenters. The largest absolute Gasteiger partial charge is 0.197 e. The smallest absolute Gasteiger partial charge is 0.156 e. The van der Waals surface area contributed by atoms with Crippen molar-refractivity contribution in [2.75, 3.05) is 0 Å². The van der Waals surface area contributed by atoms with Gasteiger partial charge in [0.25, 0.3) is 0 Å². The maximum absolute atomic E-state index is 3.94. The molecule has 1 heterocycles. The number of hydrogen-bond donors (Lipinski definition) is 0. The highest BCUT2D eigenvalue weighted by molar-refractivity contribution is 14.1. The van der Waals surface area contributed by atoms with Gasteiger partial charge in [-0.2, -0.15) is 4.68 Å². The van der Waals surface area contributed by atoms with Crippen LogP contribution in [0.3, 0.4) is 0 Å². The number of aryl methyl sites for hydroxylation is 1. The van der Waals surface area contributed by atoms with Gasteiger partial charge >= 0.3 is 0 Å². The van der Waals surface area contributed by atoms with Crippen LogP contribution in [-0.2, 0) is 6.42 Å². The highest BCUT2D eigenvalue weighted by atomic mass is 127. The molecule has 0 spiro atoms. The molecule has 0 N–H and O–H groups in total. The average molecular weight is 300 g/mol. The SMILES string of the molecule is CCc1nnnn1-c1ccc(I)cc1. The number of halogens is 1. The second-order valence-corrected chi connectivity index (χ2v) is 4.08. The molecule has 0 radical (unpaired) electrons. The molecule has 4 nitrogen and oxygen atoms in total. The summed E-state index contributed by atoms with van der Waals surface area (Å²) in [7, 11) is 0. The summed E-state index contributed by atoms with van der Waals surface area (Å²) in [6.45, 7) is 2.04. The molecule has 0 aliphatic rings. The van der Waals surface area contributed by atoms with E-state index >= 15 is 0 Å². The minimum atomic E-state index is 0.832. The van der Waals surface area contributed by atoms with Crippen molar-refractivity contribution in [3.8, 4) is 5.69 Å². The van der Waals surface area contributed by atoms with Gasteiger partial charge in [0, 0.05) is 9.99 Å². The Morgan fingerprint density at radius 3 is 2.64 bits per heavy atom. The van der Waals surface area contributed by atoms with E-state index in [1.807, 2.05) is 31.2 Å². The van der Waals surface area contributed by atoms with Crippen molar-refractivity contribution in [3.05, 3.63) is 33.7 Å². The van der Waals surface area contributed by atoms with Gasteiger partial charge in [0.05, 0.1) is 5.69 Å². The van der Waals surface area contributed by atoms with Crippen LogP contribution in [-0.4, -0.2) is 20.2 Å². The van der Waals surface area contributed by atoms with Crippen LogP contribution < -0.4 is 0 Å². The summed E-state index contributed by atoms with van der Waals surface area (Å²) in [6.07, 6.45) is 0.832. The van der Waals surface area contributed by atoms with Gasteiger partial charge in [-0.25, -0.2) is 0 Å². The molecule has 0 amide bonds. The Bertz CT molecular complexity index is 421. The third-order valence-electron chi connectivity index (χ3n) is 1.92. The van der Waals surface area contributed by atoms with E-state index in [9.17, 15) is 0 Å². The fourth-order valence-corrected chi connectivity index (χ4v) is 1.57. The first-order chi connectivity index (χ1) is 6.81. The lowest BCUT2D eigenvalue weighted by atomic mass is 10.3. The van der Waals surface area contributed by atoms with Crippen LogP contribution in [0.2, 0.25) is 0 Å². The van der Waals surface area contributed by atoms with Crippen LogP contribution in [0.15, 0.2) is 24.3 Å². The Kier molecular flexibility index (Phi) is 2.76. The topological polar surface area (TPSA) is 43.6 Å². The Balaban J connectivity index is 2.44. The minimum absolute atomic E-state index is 0.832. The third-order valence-corrected chi connectivity index (χ3v) is 2.64. The zero-order valence-corrected chi connectivity index (χ0v) is 9.84. The Hall–Kier alpha value is -0.980. The highest BCUT2D eigenvalue weighted by Crippen LogP contribution is 2.11. The standard InChI is InChI=1S/C9H9IN4/c1-2-9-11-12-13-14(9)8-5-3-7(10)4-6-8/h3-6H,2H2,1H3. The molecule has 0 saturated carbocycles. The van der Waals surface area contributed by atoms with E-state index in [2.05, 4.69) is 38.1 Å². The molecule has 0 unspecified atom stereocenters. The van der Waals surface area contributed by atoms with Crippen LogP contribution >= 0.6 is 22.6 Å². The molecule has 1 aromatic carbocycles. The zero-order chi connectivity index (χ0) is 9.97. The molecule has 1 aromatic heterocycles. The van der Waals surface area contributed by atoms with Gasteiger partial charge in [0.15, 0.2) is 5.82 Å². The summed E-state index contributed by atoms with van der Waals surface area (Å²) in [4.78, 5) is 0. The molecule has 2 aromatic rings. The van der Waals surface area contributed by atoms with Crippen LogP contribution in [0.4, 0.5) is 0 Å². The summed E-state index contributed by atoms with van der Waals surface area (Å²) in [5.41, 5.74) is 1.01. The van der Waals surface area contributed by atoms with Crippen molar-refractivity contribution in [1.82, 2.24) is 20.2 Å². The van der Waals surface area contributed by atoms with E-state index in [1.54, 1.807) is 4.68 Å². The van der Waals surface area contributed by atoms with Crippen molar-refractivity contribution < 1.29 is 0 Å². The van der Waals surface area contributed by atoms with E-state index in [0.717, 1.165) is 17.9 Å². The van der Waals surface area contributed by atoms with Crippen molar-refractivity contribution in [3.63, 3.8) is 0 Å². The number of benzene rings is 1. The van der Waals surface area contributed by atoms with Gasteiger partial charge < -0.3 is 0 Å². The fourth-order valence-electron chi connectivity index (χ4n) is 1.21. The zero-order valence-electron chi connectivity index (χ0n) is 7.68. The number of rotatable bonds is 2. The lowest BCUT2D eigenvalue weighted by molar-refractivity contribution is 0.766. The van der Waals surface area contributed by atoms with Crippen molar-refractivity contribution in [2.45, 2.75) is 13.3 Å². The molecule has 0 fully saturated rings. The molecule has 2 rings (SSSR count). The maximum Gasteiger partial charge on any atom is 0.156 e. The summed E-state index contributed by atoms with van der Waals surface area (Å²) < 4.78 is 2.97. The Morgan fingerprint density at radius 1 is 1.29 bits per heavy atom. The predicted octanol–water partition coefficient (Wildman–Crippen LogP) is 1.83. The number of tetrazole rings is 1. The second-order valence-electron chi connectivity index (χ2n) is 2.84. The lowest BCUT2D eigenvalue weighted by Crippen LogP contribution is -2.01. The third kappa shape index (κ3) is 1.77. The minimum Gasteiger partial charge on any atom is -0.197 e. The van der Waals surface area contributed by atoms with Gasteiger partial charge in [-0.15, -0.1) is 5.10 Å². The molecule has 0 aliphatic heterocycles. The Labute approximate surface area is 95.5 Å². The first-order valence-corrected chi connectivity index (χ1v) is 5.42. The maximum atomic E-state index is 3.94. The van der Waals surface area contributed by atoms with Crippen LogP contribution in [0.1, 0.15) is 12.7 Å². The summed E-state index contributed by atoms with van der Waals surface area (Å²) in [5.74, 6) is 0.881. The molecule has 0 aliphatic carbocycles. The number of nitrogens with zero attached hydrogens (tertiary/aromatic N) is 4. The lowest BCUT2D eigenvalue weighted by Gasteiger charge is -2.01. The monoisotopic (exact) mass is 300 g/mol. The number of hydrogen-bond acceptors (Lipinski definition) is 3. The Morgan fingerprint density at radius 2 is 2.00 bits per heavy atom. The molecule has 0 bridgehead atoms. The summed E-state index contributed by atoms with van der Waals surface area (Å²) >= 11 is 2.27. The summed E-state index contributed by atoms with van der Waals surface area (Å²) in [5, 5.41) is 11.5. The summed E-state index contributed by atoms with van der Waals surface area (Å²) in [6, 6.07) is 8.10. The molecule has 14 heavy (non-hydrogen) atoms. The van der Waals surface area contributed by atoms with Gasteiger partial charge in [0.2, 0.25) is 0 Å². The molecule has 72 valence electrons. The van der Waals surface area contributed by atoms with E-state index < -0.39 is 0 Å². The number of aromatic nitrogens is 4. The van der Waals surface area contributed by atoms with Crippen molar-refractivity contribution in [1.29, 1.82) is 0 Å². The molecular formula is C9H9IN4. The van der Waals surface area contributed by atoms with Crippen LogP contribution in [0, 0.1) is 3.57 Å². The van der Waals surface area contributed by atoms with E-state index in [-0.39, 0.29) is 0 Å².